The molecule has 0 aliphatic carbocycles. The fourth-order valence-corrected chi connectivity index (χ4v) is 5.61. The van der Waals surface area contributed by atoms with E-state index in [0.29, 0.717) is 58.0 Å². The molecule has 9 heteroatoms. The van der Waals surface area contributed by atoms with E-state index in [-0.39, 0.29) is 11.8 Å². The van der Waals surface area contributed by atoms with Crippen molar-refractivity contribution in [3.05, 3.63) is 83.6 Å². The van der Waals surface area contributed by atoms with Gasteiger partial charge in [0.15, 0.2) is 0 Å². The maximum atomic E-state index is 14.1. The number of amides is 2. The van der Waals surface area contributed by atoms with Crippen molar-refractivity contribution in [2.24, 2.45) is 7.05 Å². The van der Waals surface area contributed by atoms with Crippen LogP contribution in [0.4, 0.5) is 5.82 Å². The topological polar surface area (TPSA) is 80.1 Å². The zero-order chi connectivity index (χ0) is 29.6. The minimum Gasteiger partial charge on any atom is -0.383 e. The first-order valence-corrected chi connectivity index (χ1v) is 14.3. The van der Waals surface area contributed by atoms with Crippen LogP contribution in [0.5, 0.6) is 0 Å². The van der Waals surface area contributed by atoms with E-state index in [2.05, 4.69) is 51.7 Å². The summed E-state index contributed by atoms with van der Waals surface area (Å²) in [5, 5.41) is 0.982. The number of carbonyl (C=O) groups is 2. The van der Waals surface area contributed by atoms with Crippen molar-refractivity contribution in [2.45, 2.75) is 6.92 Å². The van der Waals surface area contributed by atoms with Crippen LogP contribution < -0.4 is 4.90 Å². The summed E-state index contributed by atoms with van der Waals surface area (Å²) in [6, 6.07) is 20.1. The van der Waals surface area contributed by atoms with Gasteiger partial charge < -0.3 is 28.7 Å². The Bertz CT molecular complexity index is 1520. The van der Waals surface area contributed by atoms with Gasteiger partial charge >= 0.3 is 0 Å². The molecule has 1 aliphatic rings. The maximum absolute atomic E-state index is 14.1. The third-order valence-electron chi connectivity index (χ3n) is 7.92. The number of hydrogen-bond acceptors (Lipinski definition) is 6. The standard InChI is InChI=1S/C33H39N5O4/c1-24-10-12-28-27(22-24)30(31(35(28)2)25-8-6-5-7-9-25)33(40)37-16-14-36(15-17-37)29-13-11-26(23-34-29)32(39)38(18-20-41-3)19-21-42-4/h5-13,22-23H,14-21H2,1-4H3. The van der Waals surface area contributed by atoms with E-state index in [9.17, 15) is 9.59 Å². The van der Waals surface area contributed by atoms with Crippen LogP contribution in [0.1, 0.15) is 26.3 Å². The number of methoxy groups -OCH3 is 2. The molecule has 1 aliphatic heterocycles. The number of rotatable bonds is 10. The summed E-state index contributed by atoms with van der Waals surface area (Å²) in [5.74, 6) is 0.744. The zero-order valence-electron chi connectivity index (χ0n) is 24.9. The van der Waals surface area contributed by atoms with E-state index in [4.69, 9.17) is 9.47 Å². The number of ether oxygens (including phenoxy) is 2. The average Bonchev–Trinajstić information content (AvgIpc) is 3.32. The number of anilines is 1. The molecule has 0 unspecified atom stereocenters. The number of hydrogen-bond donors (Lipinski definition) is 0. The van der Waals surface area contributed by atoms with Gasteiger partial charge in [0.2, 0.25) is 0 Å². The molecule has 2 amide bonds. The zero-order valence-corrected chi connectivity index (χ0v) is 24.9. The number of aryl methyl sites for hydroxylation is 2. The molecular formula is C33H39N5O4. The molecule has 1 saturated heterocycles. The summed E-state index contributed by atoms with van der Waals surface area (Å²) in [6.45, 7) is 6.42. The third kappa shape index (κ3) is 6.03. The molecule has 9 nitrogen and oxygen atoms in total. The number of piperazine rings is 1. The van der Waals surface area contributed by atoms with E-state index in [1.165, 1.54) is 0 Å². The molecule has 0 radical (unpaired) electrons. The fraction of sp³-hybridized carbons (Fsp3) is 0.364. The smallest absolute Gasteiger partial charge is 0.256 e. The van der Waals surface area contributed by atoms with E-state index < -0.39 is 0 Å². The summed E-state index contributed by atoms with van der Waals surface area (Å²) < 4.78 is 12.5. The normalized spacial score (nSPS) is 13.5. The van der Waals surface area contributed by atoms with E-state index in [1.54, 1.807) is 25.3 Å². The van der Waals surface area contributed by atoms with Gasteiger partial charge in [0.1, 0.15) is 5.82 Å². The molecular weight excluding hydrogens is 530 g/mol. The van der Waals surface area contributed by atoms with Crippen molar-refractivity contribution >= 4 is 28.5 Å². The van der Waals surface area contributed by atoms with Gasteiger partial charge in [0.05, 0.1) is 30.0 Å². The first kappa shape index (κ1) is 29.3. The predicted molar refractivity (Wildman–Crippen MR) is 165 cm³/mol. The van der Waals surface area contributed by atoms with E-state index in [0.717, 1.165) is 39.1 Å². The summed E-state index contributed by atoms with van der Waals surface area (Å²) in [5.41, 5.74) is 5.42. The van der Waals surface area contributed by atoms with Crippen LogP contribution in [0.25, 0.3) is 22.2 Å². The summed E-state index contributed by atoms with van der Waals surface area (Å²) in [7, 11) is 5.27. The lowest BCUT2D eigenvalue weighted by Gasteiger charge is -2.35. The molecule has 2 aromatic heterocycles. The van der Waals surface area contributed by atoms with Crippen LogP contribution in [0.15, 0.2) is 66.9 Å². The summed E-state index contributed by atoms with van der Waals surface area (Å²) in [4.78, 5) is 37.6. The quantitative estimate of drug-likeness (QED) is 0.284. The number of pyridine rings is 1. The lowest BCUT2D eigenvalue weighted by Crippen LogP contribution is -2.49. The van der Waals surface area contributed by atoms with Crippen molar-refractivity contribution in [3.8, 4) is 11.3 Å². The van der Waals surface area contributed by atoms with Crippen LogP contribution in [0, 0.1) is 6.92 Å². The maximum Gasteiger partial charge on any atom is 0.256 e. The molecule has 0 N–H and O–H groups in total. The molecule has 1 fully saturated rings. The van der Waals surface area contributed by atoms with Crippen LogP contribution in [-0.4, -0.2) is 97.9 Å². The monoisotopic (exact) mass is 569 g/mol. The van der Waals surface area contributed by atoms with Gasteiger partial charge in [-0.3, -0.25) is 9.59 Å². The summed E-state index contributed by atoms with van der Waals surface area (Å²) >= 11 is 0. The molecule has 0 bridgehead atoms. The van der Waals surface area contributed by atoms with E-state index in [1.807, 2.05) is 42.3 Å². The Morgan fingerprint density at radius 3 is 2.21 bits per heavy atom. The summed E-state index contributed by atoms with van der Waals surface area (Å²) in [6.07, 6.45) is 1.63. The average molecular weight is 570 g/mol. The highest BCUT2D eigenvalue weighted by Gasteiger charge is 2.29. The van der Waals surface area contributed by atoms with Gasteiger partial charge in [-0.1, -0.05) is 42.0 Å². The number of aromatic nitrogens is 2. The molecule has 0 atom stereocenters. The Morgan fingerprint density at radius 1 is 0.905 bits per heavy atom. The second kappa shape index (κ2) is 13.2. The molecule has 0 saturated carbocycles. The van der Waals surface area contributed by atoms with Gasteiger partial charge in [-0.05, 0) is 36.8 Å². The van der Waals surface area contributed by atoms with Crippen molar-refractivity contribution in [2.75, 3.05) is 71.6 Å². The van der Waals surface area contributed by atoms with Gasteiger partial charge in [-0.2, -0.15) is 0 Å². The molecule has 5 rings (SSSR count). The minimum absolute atomic E-state index is 0.0471. The van der Waals surface area contributed by atoms with Crippen LogP contribution >= 0.6 is 0 Å². The largest absolute Gasteiger partial charge is 0.383 e. The fourth-order valence-electron chi connectivity index (χ4n) is 5.61. The number of carbonyl (C=O) groups excluding carboxylic acids is 2. The van der Waals surface area contributed by atoms with Crippen molar-refractivity contribution < 1.29 is 19.1 Å². The van der Waals surface area contributed by atoms with Gasteiger partial charge in [-0.25, -0.2) is 4.98 Å². The van der Waals surface area contributed by atoms with E-state index >= 15 is 0 Å². The SMILES string of the molecule is COCCN(CCOC)C(=O)c1ccc(N2CCN(C(=O)c3c(-c4ccccc4)n(C)c4ccc(C)cc34)CC2)nc1. The number of fused-ring (bicyclic) bond motifs is 1. The Balaban J connectivity index is 1.31. The second-order valence-electron chi connectivity index (χ2n) is 10.6. The molecule has 42 heavy (non-hydrogen) atoms. The molecule has 4 aromatic rings. The highest BCUT2D eigenvalue weighted by molar-refractivity contribution is 6.13. The van der Waals surface area contributed by atoms with Gasteiger partial charge in [0.25, 0.3) is 11.8 Å². The molecule has 0 spiro atoms. The molecule has 2 aromatic carbocycles. The van der Waals surface area contributed by atoms with Gasteiger partial charge in [-0.15, -0.1) is 0 Å². The first-order valence-electron chi connectivity index (χ1n) is 14.3. The van der Waals surface area contributed by atoms with Crippen LogP contribution in [0.3, 0.4) is 0 Å². The lowest BCUT2D eigenvalue weighted by atomic mass is 10.0. The van der Waals surface area contributed by atoms with Gasteiger partial charge in [0, 0.05) is 77.6 Å². The Labute approximate surface area is 247 Å². The molecule has 3 heterocycles. The lowest BCUT2D eigenvalue weighted by molar-refractivity contribution is 0.0626. The second-order valence-corrected chi connectivity index (χ2v) is 10.6. The Kier molecular flexibility index (Phi) is 9.19. The third-order valence-corrected chi connectivity index (χ3v) is 7.92. The first-order chi connectivity index (χ1) is 20.4. The van der Waals surface area contributed by atoms with Crippen molar-refractivity contribution in [1.82, 2.24) is 19.4 Å². The minimum atomic E-state index is -0.0990. The van der Waals surface area contributed by atoms with Crippen LogP contribution in [0.2, 0.25) is 0 Å². The van der Waals surface area contributed by atoms with Crippen LogP contribution in [-0.2, 0) is 16.5 Å². The van der Waals surface area contributed by atoms with Crippen molar-refractivity contribution in [3.63, 3.8) is 0 Å². The molecule has 220 valence electrons. The Morgan fingerprint density at radius 2 is 1.60 bits per heavy atom. The number of benzene rings is 2. The highest BCUT2D eigenvalue weighted by Crippen LogP contribution is 2.35. The highest BCUT2D eigenvalue weighted by atomic mass is 16.5. The van der Waals surface area contributed by atoms with Crippen molar-refractivity contribution in [1.29, 1.82) is 0 Å². The number of nitrogens with zero attached hydrogens (tertiary/aromatic N) is 5. The Hall–Kier alpha value is -4.21. The predicted octanol–water partition coefficient (Wildman–Crippen LogP) is 4.25.